The highest BCUT2D eigenvalue weighted by molar-refractivity contribution is 7.89. The summed E-state index contributed by atoms with van der Waals surface area (Å²) in [6, 6.07) is 15.6. The van der Waals surface area contributed by atoms with Gasteiger partial charge in [-0.25, -0.2) is 8.42 Å². The summed E-state index contributed by atoms with van der Waals surface area (Å²) in [5.41, 5.74) is 1.22. The molecule has 6 heteroatoms. The third-order valence-corrected chi connectivity index (χ3v) is 5.63. The number of hydrogen-bond donors (Lipinski definition) is 0. The molecule has 1 aromatic heterocycles. The zero-order valence-electron chi connectivity index (χ0n) is 13.0. The van der Waals surface area contributed by atoms with Crippen molar-refractivity contribution in [2.24, 2.45) is 0 Å². The number of nitrogens with zero attached hydrogens (tertiary/aromatic N) is 3. The van der Waals surface area contributed by atoms with E-state index in [1.165, 1.54) is 23.5 Å². The first-order chi connectivity index (χ1) is 11.5. The Morgan fingerprint density at radius 3 is 2.75 bits per heavy atom. The van der Waals surface area contributed by atoms with Crippen molar-refractivity contribution >= 4 is 20.8 Å². The smallest absolute Gasteiger partial charge is 0.243 e. The van der Waals surface area contributed by atoms with Crippen molar-refractivity contribution in [2.45, 2.75) is 11.4 Å². The Kier molecular flexibility index (Phi) is 4.30. The Balaban J connectivity index is 1.96. The van der Waals surface area contributed by atoms with E-state index >= 15 is 0 Å². The highest BCUT2D eigenvalue weighted by atomic mass is 32.2. The first kappa shape index (κ1) is 16.1. The lowest BCUT2D eigenvalue weighted by Gasteiger charge is -2.18. The normalized spacial score (nSPS) is 11.5. The molecule has 3 aromatic rings. The van der Waals surface area contributed by atoms with Crippen LogP contribution in [0.5, 0.6) is 0 Å². The van der Waals surface area contributed by atoms with E-state index in [-0.39, 0.29) is 11.4 Å². The van der Waals surface area contributed by atoms with Crippen molar-refractivity contribution in [3.8, 4) is 6.07 Å². The molecule has 0 N–H and O–H groups in total. The maximum Gasteiger partial charge on any atom is 0.243 e. The minimum Gasteiger partial charge on any atom is -0.264 e. The molecule has 0 aliphatic heterocycles. The zero-order valence-corrected chi connectivity index (χ0v) is 13.9. The Labute approximate surface area is 140 Å². The average Bonchev–Trinajstić information content (AvgIpc) is 2.62. The summed E-state index contributed by atoms with van der Waals surface area (Å²) in [5.74, 6) is 0. The van der Waals surface area contributed by atoms with E-state index in [0.29, 0.717) is 5.56 Å². The van der Waals surface area contributed by atoms with Gasteiger partial charge in [0.2, 0.25) is 10.0 Å². The Morgan fingerprint density at radius 2 is 1.96 bits per heavy atom. The highest BCUT2D eigenvalue weighted by Gasteiger charge is 2.21. The lowest BCUT2D eigenvalue weighted by atomic mass is 10.1. The van der Waals surface area contributed by atoms with Gasteiger partial charge >= 0.3 is 0 Å². The van der Waals surface area contributed by atoms with Crippen LogP contribution < -0.4 is 0 Å². The second-order valence-electron chi connectivity index (χ2n) is 5.41. The van der Waals surface area contributed by atoms with Crippen LogP contribution >= 0.6 is 0 Å². The van der Waals surface area contributed by atoms with Gasteiger partial charge < -0.3 is 0 Å². The van der Waals surface area contributed by atoms with Crippen LogP contribution in [0.1, 0.15) is 11.1 Å². The molecule has 5 nitrogen and oxygen atoms in total. The second kappa shape index (κ2) is 6.40. The molecular weight excluding hydrogens is 322 g/mol. The molecule has 1 heterocycles. The third-order valence-electron chi connectivity index (χ3n) is 3.84. The first-order valence-electron chi connectivity index (χ1n) is 7.30. The van der Waals surface area contributed by atoms with Gasteiger partial charge in [0.05, 0.1) is 16.5 Å². The van der Waals surface area contributed by atoms with E-state index in [1.807, 2.05) is 30.3 Å². The summed E-state index contributed by atoms with van der Waals surface area (Å²) in [4.78, 5) is 4.20. The number of benzene rings is 2. The Hall–Kier alpha value is -2.75. The molecule has 0 fully saturated rings. The van der Waals surface area contributed by atoms with Gasteiger partial charge in [-0.15, -0.1) is 0 Å². The van der Waals surface area contributed by atoms with Gasteiger partial charge in [0, 0.05) is 31.4 Å². The average molecular weight is 337 g/mol. The standard InChI is InChI=1S/C18H15N3O2S/c1-21(24(22,23)17-7-2-4-14(10-17)11-19)13-16-6-3-5-15-12-20-9-8-18(15)16/h2-10,12H,13H2,1H3. The topological polar surface area (TPSA) is 74.1 Å². The van der Waals surface area contributed by atoms with Crippen molar-refractivity contribution < 1.29 is 8.42 Å². The lowest BCUT2D eigenvalue weighted by molar-refractivity contribution is 0.468. The summed E-state index contributed by atoms with van der Waals surface area (Å²) in [5, 5.41) is 10.9. The van der Waals surface area contributed by atoms with Gasteiger partial charge in [-0.05, 0) is 35.2 Å². The van der Waals surface area contributed by atoms with Gasteiger partial charge in [-0.2, -0.15) is 9.57 Å². The van der Waals surface area contributed by atoms with Gasteiger partial charge in [0.25, 0.3) is 0 Å². The molecule has 0 saturated heterocycles. The predicted octanol–water partition coefficient (Wildman–Crippen LogP) is 2.93. The fraction of sp³-hybridized carbons (Fsp3) is 0.111. The molecule has 0 amide bonds. The predicted molar refractivity (Wildman–Crippen MR) is 91.6 cm³/mol. The molecule has 0 aliphatic rings. The number of sulfonamides is 1. The highest BCUT2D eigenvalue weighted by Crippen LogP contribution is 2.22. The maximum atomic E-state index is 12.7. The molecule has 0 unspecified atom stereocenters. The number of pyridine rings is 1. The molecule has 0 spiro atoms. The summed E-state index contributed by atoms with van der Waals surface area (Å²) in [6.45, 7) is 0.237. The molecule has 0 bridgehead atoms. The van der Waals surface area contributed by atoms with Crippen molar-refractivity contribution in [2.75, 3.05) is 7.05 Å². The number of aromatic nitrogens is 1. The van der Waals surface area contributed by atoms with Crippen molar-refractivity contribution in [3.63, 3.8) is 0 Å². The molecular formula is C18H15N3O2S. The lowest BCUT2D eigenvalue weighted by Crippen LogP contribution is -2.26. The molecule has 120 valence electrons. The van der Waals surface area contributed by atoms with E-state index in [2.05, 4.69) is 4.98 Å². The summed E-state index contributed by atoms with van der Waals surface area (Å²) in [7, 11) is -2.14. The molecule has 24 heavy (non-hydrogen) atoms. The van der Waals surface area contributed by atoms with Crippen molar-refractivity contribution in [1.82, 2.24) is 9.29 Å². The zero-order chi connectivity index (χ0) is 17.2. The van der Waals surface area contributed by atoms with Gasteiger partial charge in [-0.1, -0.05) is 24.3 Å². The van der Waals surface area contributed by atoms with Crippen LogP contribution in [0.25, 0.3) is 10.8 Å². The van der Waals surface area contributed by atoms with Crippen LogP contribution in [-0.4, -0.2) is 24.8 Å². The Bertz CT molecular complexity index is 1030. The van der Waals surface area contributed by atoms with Gasteiger partial charge in [0.15, 0.2) is 0 Å². The van der Waals surface area contributed by atoms with Crippen molar-refractivity contribution in [3.05, 3.63) is 72.1 Å². The summed E-state index contributed by atoms with van der Waals surface area (Å²) in [6.07, 6.45) is 3.44. The van der Waals surface area contributed by atoms with E-state index in [0.717, 1.165) is 16.3 Å². The van der Waals surface area contributed by atoms with Gasteiger partial charge in [-0.3, -0.25) is 4.98 Å². The van der Waals surface area contributed by atoms with Crippen LogP contribution in [-0.2, 0) is 16.6 Å². The van der Waals surface area contributed by atoms with E-state index < -0.39 is 10.0 Å². The minimum atomic E-state index is -3.67. The van der Waals surface area contributed by atoms with Crippen LogP contribution in [0.15, 0.2) is 65.8 Å². The molecule has 0 radical (unpaired) electrons. The van der Waals surface area contributed by atoms with Crippen LogP contribution in [0.3, 0.4) is 0 Å². The fourth-order valence-electron chi connectivity index (χ4n) is 2.56. The fourth-order valence-corrected chi connectivity index (χ4v) is 3.75. The molecule has 0 atom stereocenters. The number of nitriles is 1. The van der Waals surface area contributed by atoms with Crippen LogP contribution in [0.2, 0.25) is 0 Å². The quantitative estimate of drug-likeness (QED) is 0.733. The van der Waals surface area contributed by atoms with Gasteiger partial charge in [0.1, 0.15) is 0 Å². The molecule has 2 aromatic carbocycles. The first-order valence-corrected chi connectivity index (χ1v) is 8.74. The number of fused-ring (bicyclic) bond motifs is 1. The maximum absolute atomic E-state index is 12.7. The SMILES string of the molecule is CN(Cc1cccc2cnccc12)S(=O)(=O)c1cccc(C#N)c1. The monoisotopic (exact) mass is 337 g/mol. The van der Waals surface area contributed by atoms with Crippen LogP contribution in [0.4, 0.5) is 0 Å². The van der Waals surface area contributed by atoms with E-state index in [9.17, 15) is 8.42 Å². The second-order valence-corrected chi connectivity index (χ2v) is 7.46. The molecule has 3 rings (SSSR count). The summed E-state index contributed by atoms with van der Waals surface area (Å²) >= 11 is 0. The molecule has 0 saturated carbocycles. The number of rotatable bonds is 4. The van der Waals surface area contributed by atoms with E-state index in [1.54, 1.807) is 24.5 Å². The summed E-state index contributed by atoms with van der Waals surface area (Å²) < 4.78 is 26.8. The van der Waals surface area contributed by atoms with Crippen LogP contribution in [0, 0.1) is 11.3 Å². The largest absolute Gasteiger partial charge is 0.264 e. The third kappa shape index (κ3) is 3.00. The molecule has 0 aliphatic carbocycles. The van der Waals surface area contributed by atoms with Crippen molar-refractivity contribution in [1.29, 1.82) is 5.26 Å². The minimum absolute atomic E-state index is 0.117. The number of hydrogen-bond acceptors (Lipinski definition) is 4. The Morgan fingerprint density at radius 1 is 1.17 bits per heavy atom. The van der Waals surface area contributed by atoms with E-state index in [4.69, 9.17) is 5.26 Å².